The fourth-order valence-electron chi connectivity index (χ4n) is 2.32. The van der Waals surface area contributed by atoms with E-state index in [1.807, 2.05) is 45.0 Å². The van der Waals surface area contributed by atoms with Gasteiger partial charge in [0.25, 0.3) is 0 Å². The number of hydrogen-bond acceptors (Lipinski definition) is 4. The van der Waals surface area contributed by atoms with Crippen molar-refractivity contribution in [2.24, 2.45) is 0 Å². The average Bonchev–Trinajstić information content (AvgIpc) is 2.86. The molecule has 6 heteroatoms. The summed E-state index contributed by atoms with van der Waals surface area (Å²) in [5.41, 5.74) is 1.98. The molecule has 0 bridgehead atoms. The molecule has 1 amide bonds. The van der Waals surface area contributed by atoms with Crippen LogP contribution < -0.4 is 4.90 Å². The van der Waals surface area contributed by atoms with E-state index in [4.69, 9.17) is 11.6 Å². The number of thiazole rings is 1. The number of halogens is 1. The highest BCUT2D eigenvalue weighted by Crippen LogP contribution is 2.33. The quantitative estimate of drug-likeness (QED) is 0.799. The van der Waals surface area contributed by atoms with E-state index in [0.717, 1.165) is 33.9 Å². The third-order valence-electron chi connectivity index (χ3n) is 3.46. The van der Waals surface area contributed by atoms with Crippen LogP contribution in [0.2, 0.25) is 5.02 Å². The number of anilines is 1. The largest absolute Gasteiger partial charge is 0.309 e. The molecule has 0 spiro atoms. The van der Waals surface area contributed by atoms with Gasteiger partial charge >= 0.3 is 0 Å². The summed E-state index contributed by atoms with van der Waals surface area (Å²) in [5.74, 6) is 0.113. The van der Waals surface area contributed by atoms with Crippen molar-refractivity contribution >= 4 is 44.2 Å². The van der Waals surface area contributed by atoms with E-state index in [1.54, 1.807) is 0 Å². The van der Waals surface area contributed by atoms with Crippen molar-refractivity contribution in [3.8, 4) is 0 Å². The van der Waals surface area contributed by atoms with Crippen LogP contribution in [0.4, 0.5) is 5.13 Å². The Morgan fingerprint density at radius 3 is 2.68 bits per heavy atom. The topological polar surface area (TPSA) is 36.4 Å². The van der Waals surface area contributed by atoms with Crippen LogP contribution in [0, 0.1) is 6.92 Å². The number of fused-ring (bicyclic) bond motifs is 1. The number of nitrogens with zero attached hydrogens (tertiary/aromatic N) is 3. The Kier molecular flexibility index (Phi) is 5.78. The Bertz CT molecular complexity index is 669. The third-order valence-corrected chi connectivity index (χ3v) is 4.70. The van der Waals surface area contributed by atoms with Crippen LogP contribution in [0.25, 0.3) is 10.2 Å². The molecular formula is C16H22ClN3OS. The van der Waals surface area contributed by atoms with Crippen LogP contribution in [0.5, 0.6) is 0 Å². The van der Waals surface area contributed by atoms with Crippen molar-refractivity contribution in [1.82, 2.24) is 9.88 Å². The summed E-state index contributed by atoms with van der Waals surface area (Å²) in [6.07, 6.45) is 1.41. The van der Waals surface area contributed by atoms with Crippen LogP contribution in [0.15, 0.2) is 12.1 Å². The lowest BCUT2D eigenvalue weighted by Crippen LogP contribution is -2.32. The molecule has 0 aliphatic heterocycles. The minimum absolute atomic E-state index is 0.113. The first-order chi connectivity index (χ1) is 10.4. The molecule has 0 atom stereocenters. The zero-order valence-corrected chi connectivity index (χ0v) is 15.1. The molecule has 2 rings (SSSR count). The molecule has 1 aromatic heterocycles. The highest BCUT2D eigenvalue weighted by molar-refractivity contribution is 7.22. The summed E-state index contributed by atoms with van der Waals surface area (Å²) < 4.78 is 1.03. The van der Waals surface area contributed by atoms with Gasteiger partial charge in [0.05, 0.1) is 10.2 Å². The SMILES string of the molecule is CCC(=O)N(CCCN(C)C)c1nc2c(C)cc(Cl)cc2s1. The predicted octanol–water partition coefficient (Wildman–Crippen LogP) is 3.95. The molecule has 0 N–H and O–H groups in total. The fraction of sp³-hybridized carbons (Fsp3) is 0.500. The van der Waals surface area contributed by atoms with Crippen molar-refractivity contribution < 1.29 is 4.79 Å². The van der Waals surface area contributed by atoms with Crippen LogP contribution in [0.3, 0.4) is 0 Å². The number of rotatable bonds is 6. The van der Waals surface area contributed by atoms with Gasteiger partial charge in [0.2, 0.25) is 5.91 Å². The summed E-state index contributed by atoms with van der Waals surface area (Å²) in [7, 11) is 4.07. The predicted molar refractivity (Wildman–Crippen MR) is 95.2 cm³/mol. The van der Waals surface area contributed by atoms with Crippen molar-refractivity contribution in [3.05, 3.63) is 22.7 Å². The van der Waals surface area contributed by atoms with Crippen molar-refractivity contribution in [3.63, 3.8) is 0 Å². The van der Waals surface area contributed by atoms with E-state index >= 15 is 0 Å². The molecule has 2 aromatic rings. The molecule has 0 aliphatic carbocycles. The first kappa shape index (κ1) is 17.2. The van der Waals surface area contributed by atoms with E-state index in [-0.39, 0.29) is 5.91 Å². The normalized spacial score (nSPS) is 11.4. The molecule has 0 saturated carbocycles. The number of aryl methyl sites for hydroxylation is 1. The summed E-state index contributed by atoms with van der Waals surface area (Å²) >= 11 is 7.65. The molecule has 0 aliphatic rings. The zero-order chi connectivity index (χ0) is 16.3. The molecular weight excluding hydrogens is 318 g/mol. The van der Waals surface area contributed by atoms with Gasteiger partial charge in [-0.15, -0.1) is 0 Å². The number of amides is 1. The maximum absolute atomic E-state index is 12.3. The minimum atomic E-state index is 0.113. The second-order valence-corrected chi connectivity index (χ2v) is 7.07. The Labute approximate surface area is 140 Å². The molecule has 0 saturated heterocycles. The summed E-state index contributed by atoms with van der Waals surface area (Å²) in [4.78, 5) is 20.9. The van der Waals surface area contributed by atoms with Gasteiger partial charge in [0, 0.05) is 18.0 Å². The second kappa shape index (κ2) is 7.40. The maximum atomic E-state index is 12.3. The van der Waals surface area contributed by atoms with Gasteiger partial charge in [-0.1, -0.05) is 29.9 Å². The van der Waals surface area contributed by atoms with Gasteiger partial charge in [0.1, 0.15) is 0 Å². The molecule has 0 radical (unpaired) electrons. The van der Waals surface area contributed by atoms with Gasteiger partial charge in [-0.3, -0.25) is 9.69 Å². The standard InChI is InChI=1S/C16H22ClN3OS/c1-5-14(21)20(8-6-7-19(3)4)16-18-15-11(2)9-12(17)10-13(15)22-16/h9-10H,5-8H2,1-4H3. The Morgan fingerprint density at radius 2 is 2.05 bits per heavy atom. The molecule has 22 heavy (non-hydrogen) atoms. The lowest BCUT2D eigenvalue weighted by molar-refractivity contribution is -0.118. The van der Waals surface area contributed by atoms with Crippen molar-refractivity contribution in [2.45, 2.75) is 26.7 Å². The smallest absolute Gasteiger partial charge is 0.228 e. The van der Waals surface area contributed by atoms with Crippen LogP contribution in [-0.2, 0) is 4.79 Å². The molecule has 0 unspecified atom stereocenters. The van der Waals surface area contributed by atoms with Gasteiger partial charge in [-0.05, 0) is 51.7 Å². The summed E-state index contributed by atoms with van der Waals surface area (Å²) in [5, 5.41) is 1.48. The van der Waals surface area contributed by atoms with E-state index in [0.29, 0.717) is 18.0 Å². The van der Waals surface area contributed by atoms with Crippen LogP contribution >= 0.6 is 22.9 Å². The minimum Gasteiger partial charge on any atom is -0.309 e. The Hall–Kier alpha value is -1.17. The first-order valence-corrected chi connectivity index (χ1v) is 8.63. The lowest BCUT2D eigenvalue weighted by atomic mass is 10.2. The van der Waals surface area contributed by atoms with Crippen molar-refractivity contribution in [1.29, 1.82) is 0 Å². The van der Waals surface area contributed by atoms with Gasteiger partial charge < -0.3 is 4.90 Å². The Morgan fingerprint density at radius 1 is 1.32 bits per heavy atom. The molecule has 4 nitrogen and oxygen atoms in total. The molecule has 1 heterocycles. The van der Waals surface area contributed by atoms with E-state index in [1.165, 1.54) is 11.3 Å². The second-order valence-electron chi connectivity index (χ2n) is 5.62. The van der Waals surface area contributed by atoms with Gasteiger partial charge in [-0.2, -0.15) is 0 Å². The molecule has 1 aromatic carbocycles. The summed E-state index contributed by atoms with van der Waals surface area (Å²) in [6, 6.07) is 3.82. The molecule has 0 fully saturated rings. The highest BCUT2D eigenvalue weighted by atomic mass is 35.5. The average molecular weight is 340 g/mol. The first-order valence-electron chi connectivity index (χ1n) is 7.44. The summed E-state index contributed by atoms with van der Waals surface area (Å²) in [6.45, 7) is 5.52. The monoisotopic (exact) mass is 339 g/mol. The maximum Gasteiger partial charge on any atom is 0.228 e. The third kappa shape index (κ3) is 3.97. The number of hydrogen-bond donors (Lipinski definition) is 0. The van der Waals surface area contributed by atoms with E-state index in [9.17, 15) is 4.79 Å². The van der Waals surface area contributed by atoms with E-state index in [2.05, 4.69) is 9.88 Å². The Balaban J connectivity index is 2.30. The van der Waals surface area contributed by atoms with Crippen molar-refractivity contribution in [2.75, 3.05) is 32.1 Å². The van der Waals surface area contributed by atoms with E-state index < -0.39 is 0 Å². The molecule has 120 valence electrons. The van der Waals surface area contributed by atoms with Crippen LogP contribution in [-0.4, -0.2) is 43.0 Å². The number of carbonyl (C=O) groups excluding carboxylic acids is 1. The lowest BCUT2D eigenvalue weighted by Gasteiger charge is -2.20. The van der Waals surface area contributed by atoms with Crippen LogP contribution in [0.1, 0.15) is 25.3 Å². The fourth-order valence-corrected chi connectivity index (χ4v) is 3.78. The van der Waals surface area contributed by atoms with Gasteiger partial charge in [-0.25, -0.2) is 4.98 Å². The number of aromatic nitrogens is 1. The number of carbonyl (C=O) groups is 1. The van der Waals surface area contributed by atoms with Gasteiger partial charge in [0.15, 0.2) is 5.13 Å². The highest BCUT2D eigenvalue weighted by Gasteiger charge is 2.19. The number of benzene rings is 1. The zero-order valence-electron chi connectivity index (χ0n) is 13.5.